The fraction of sp³-hybridized carbons (Fsp3) is 0.312. The summed E-state index contributed by atoms with van der Waals surface area (Å²) < 4.78 is 0. The molecule has 1 unspecified atom stereocenters. The van der Waals surface area contributed by atoms with Crippen LogP contribution in [-0.2, 0) is 0 Å². The smallest absolute Gasteiger partial charge is 0.254 e. The molecule has 2 N–H and O–H groups in total. The van der Waals surface area contributed by atoms with Crippen LogP contribution in [0.3, 0.4) is 0 Å². The Labute approximate surface area is 123 Å². The van der Waals surface area contributed by atoms with Crippen molar-refractivity contribution in [1.82, 2.24) is 4.90 Å². The van der Waals surface area contributed by atoms with E-state index >= 15 is 0 Å². The summed E-state index contributed by atoms with van der Waals surface area (Å²) >= 11 is 1.73. The molecule has 0 spiro atoms. The molecule has 1 atom stereocenters. The van der Waals surface area contributed by atoms with Crippen molar-refractivity contribution >= 4 is 22.9 Å². The van der Waals surface area contributed by atoms with E-state index in [0.29, 0.717) is 5.69 Å². The Balaban J connectivity index is 1.92. The summed E-state index contributed by atoms with van der Waals surface area (Å²) in [5.74, 6) is 0.103. The molecule has 0 aliphatic carbocycles. The van der Waals surface area contributed by atoms with Gasteiger partial charge in [0.25, 0.3) is 5.91 Å². The molecular weight excluding hydrogens is 268 g/mol. The van der Waals surface area contributed by atoms with Gasteiger partial charge in [0.2, 0.25) is 0 Å². The molecule has 3 nitrogen and oxygen atoms in total. The number of rotatable bonds is 2. The van der Waals surface area contributed by atoms with Crippen molar-refractivity contribution in [2.75, 3.05) is 12.3 Å². The maximum absolute atomic E-state index is 12.8. The first kappa shape index (κ1) is 13.2. The molecule has 1 amide bonds. The zero-order valence-electron chi connectivity index (χ0n) is 11.5. The highest BCUT2D eigenvalue weighted by Crippen LogP contribution is 2.36. The van der Waals surface area contributed by atoms with Gasteiger partial charge >= 0.3 is 0 Å². The molecular formula is C16H18N2OS. The molecule has 0 saturated carbocycles. The first-order chi connectivity index (χ1) is 9.68. The van der Waals surface area contributed by atoms with Crippen LogP contribution in [0.5, 0.6) is 0 Å². The van der Waals surface area contributed by atoms with Gasteiger partial charge in [-0.1, -0.05) is 12.1 Å². The number of hydrogen-bond donors (Lipinski definition) is 1. The maximum atomic E-state index is 12.8. The Morgan fingerprint density at radius 3 is 2.95 bits per heavy atom. The Bertz CT molecular complexity index is 621. The van der Waals surface area contributed by atoms with E-state index in [0.717, 1.165) is 30.5 Å². The maximum Gasteiger partial charge on any atom is 0.254 e. The van der Waals surface area contributed by atoms with Crippen LogP contribution in [0, 0.1) is 6.92 Å². The second-order valence-electron chi connectivity index (χ2n) is 5.19. The second-order valence-corrected chi connectivity index (χ2v) is 6.17. The molecule has 3 rings (SSSR count). The van der Waals surface area contributed by atoms with Gasteiger partial charge in [-0.25, -0.2) is 0 Å². The minimum atomic E-state index is 0.103. The predicted molar refractivity (Wildman–Crippen MR) is 82.9 cm³/mol. The zero-order chi connectivity index (χ0) is 14.1. The normalized spacial score (nSPS) is 18.4. The van der Waals surface area contributed by atoms with Gasteiger partial charge in [-0.15, -0.1) is 11.3 Å². The summed E-state index contributed by atoms with van der Waals surface area (Å²) in [6.07, 6.45) is 2.11. The SMILES string of the molecule is Cc1c(N)cccc1C(=O)N1CCCC1c1cccs1. The quantitative estimate of drug-likeness (QED) is 0.857. The van der Waals surface area contributed by atoms with E-state index in [9.17, 15) is 4.79 Å². The monoisotopic (exact) mass is 286 g/mol. The number of amides is 1. The number of nitrogen functional groups attached to an aromatic ring is 1. The average Bonchev–Trinajstić information content (AvgIpc) is 3.10. The summed E-state index contributed by atoms with van der Waals surface area (Å²) in [7, 11) is 0. The van der Waals surface area contributed by atoms with Crippen molar-refractivity contribution in [3.63, 3.8) is 0 Å². The highest BCUT2D eigenvalue weighted by molar-refractivity contribution is 7.10. The zero-order valence-corrected chi connectivity index (χ0v) is 12.3. The molecule has 1 aromatic heterocycles. The van der Waals surface area contributed by atoms with Crippen LogP contribution in [0.4, 0.5) is 5.69 Å². The van der Waals surface area contributed by atoms with E-state index in [1.165, 1.54) is 4.88 Å². The topological polar surface area (TPSA) is 46.3 Å². The number of benzene rings is 1. The van der Waals surface area contributed by atoms with Crippen LogP contribution in [-0.4, -0.2) is 17.4 Å². The lowest BCUT2D eigenvalue weighted by Crippen LogP contribution is -2.30. The Morgan fingerprint density at radius 1 is 1.35 bits per heavy atom. The first-order valence-corrected chi connectivity index (χ1v) is 7.76. The van der Waals surface area contributed by atoms with Crippen molar-refractivity contribution in [3.05, 3.63) is 51.7 Å². The third kappa shape index (κ3) is 2.20. The standard InChI is InChI=1S/C16H18N2OS/c1-11-12(5-2-6-13(11)17)16(19)18-9-3-7-14(18)15-8-4-10-20-15/h2,4-6,8,10,14H,3,7,9,17H2,1H3. The number of carbonyl (C=O) groups excluding carboxylic acids is 1. The van der Waals surface area contributed by atoms with E-state index < -0.39 is 0 Å². The van der Waals surface area contributed by atoms with Gasteiger partial charge in [-0.3, -0.25) is 4.79 Å². The third-order valence-electron chi connectivity index (χ3n) is 3.99. The molecule has 1 aliphatic rings. The summed E-state index contributed by atoms with van der Waals surface area (Å²) in [6.45, 7) is 2.74. The minimum absolute atomic E-state index is 0.103. The molecule has 0 bridgehead atoms. The number of nitrogens with zero attached hydrogens (tertiary/aromatic N) is 1. The van der Waals surface area contributed by atoms with Gasteiger partial charge in [0.1, 0.15) is 0 Å². The van der Waals surface area contributed by atoms with Crippen LogP contribution in [0.2, 0.25) is 0 Å². The molecule has 1 saturated heterocycles. The molecule has 2 aromatic rings. The van der Waals surface area contributed by atoms with E-state index in [-0.39, 0.29) is 11.9 Å². The Hall–Kier alpha value is -1.81. The summed E-state index contributed by atoms with van der Waals surface area (Å²) in [6, 6.07) is 9.96. The van der Waals surface area contributed by atoms with Crippen LogP contribution >= 0.6 is 11.3 Å². The lowest BCUT2D eigenvalue weighted by Gasteiger charge is -2.25. The molecule has 4 heteroatoms. The lowest BCUT2D eigenvalue weighted by molar-refractivity contribution is 0.0737. The molecule has 2 heterocycles. The fourth-order valence-electron chi connectivity index (χ4n) is 2.83. The molecule has 1 aromatic carbocycles. The largest absolute Gasteiger partial charge is 0.398 e. The Kier molecular flexibility index (Phi) is 3.49. The highest BCUT2D eigenvalue weighted by atomic mass is 32.1. The number of hydrogen-bond acceptors (Lipinski definition) is 3. The van der Waals surface area contributed by atoms with Crippen LogP contribution in [0.25, 0.3) is 0 Å². The number of anilines is 1. The van der Waals surface area contributed by atoms with Gasteiger partial charge in [0, 0.05) is 22.7 Å². The molecule has 0 radical (unpaired) electrons. The second kappa shape index (κ2) is 5.29. The number of thiophene rings is 1. The summed E-state index contributed by atoms with van der Waals surface area (Å²) in [5, 5.41) is 2.07. The van der Waals surface area contributed by atoms with Crippen LogP contribution < -0.4 is 5.73 Å². The predicted octanol–water partition coefficient (Wildman–Crippen LogP) is 3.62. The van der Waals surface area contributed by atoms with E-state index in [4.69, 9.17) is 5.73 Å². The summed E-state index contributed by atoms with van der Waals surface area (Å²) in [5.41, 5.74) is 8.21. The highest BCUT2D eigenvalue weighted by Gasteiger charge is 2.31. The Morgan fingerprint density at radius 2 is 2.20 bits per heavy atom. The molecule has 104 valence electrons. The number of carbonyl (C=O) groups is 1. The van der Waals surface area contributed by atoms with Crippen molar-refractivity contribution in [2.45, 2.75) is 25.8 Å². The number of nitrogens with two attached hydrogens (primary N) is 1. The van der Waals surface area contributed by atoms with Gasteiger partial charge in [0.15, 0.2) is 0 Å². The molecule has 1 aliphatic heterocycles. The first-order valence-electron chi connectivity index (χ1n) is 6.88. The van der Waals surface area contributed by atoms with Crippen molar-refractivity contribution in [2.24, 2.45) is 0 Å². The van der Waals surface area contributed by atoms with Crippen LogP contribution in [0.1, 0.15) is 39.7 Å². The lowest BCUT2D eigenvalue weighted by atomic mass is 10.0. The van der Waals surface area contributed by atoms with Crippen molar-refractivity contribution in [1.29, 1.82) is 0 Å². The van der Waals surface area contributed by atoms with E-state index in [2.05, 4.69) is 11.4 Å². The van der Waals surface area contributed by atoms with Gasteiger partial charge in [-0.2, -0.15) is 0 Å². The fourth-order valence-corrected chi connectivity index (χ4v) is 3.70. The van der Waals surface area contributed by atoms with Gasteiger partial charge in [0.05, 0.1) is 6.04 Å². The van der Waals surface area contributed by atoms with Crippen molar-refractivity contribution < 1.29 is 4.79 Å². The third-order valence-corrected chi connectivity index (χ3v) is 4.96. The van der Waals surface area contributed by atoms with Gasteiger partial charge in [-0.05, 0) is 48.9 Å². The minimum Gasteiger partial charge on any atom is -0.398 e. The van der Waals surface area contributed by atoms with E-state index in [1.54, 1.807) is 11.3 Å². The van der Waals surface area contributed by atoms with Crippen LogP contribution in [0.15, 0.2) is 35.7 Å². The van der Waals surface area contributed by atoms with E-state index in [1.807, 2.05) is 36.1 Å². The molecule has 20 heavy (non-hydrogen) atoms. The average molecular weight is 286 g/mol. The number of likely N-dealkylation sites (tertiary alicyclic amines) is 1. The molecule has 1 fully saturated rings. The summed E-state index contributed by atoms with van der Waals surface area (Å²) in [4.78, 5) is 16.1. The van der Waals surface area contributed by atoms with Gasteiger partial charge < -0.3 is 10.6 Å². The van der Waals surface area contributed by atoms with Crippen molar-refractivity contribution in [3.8, 4) is 0 Å².